The highest BCUT2D eigenvalue weighted by Gasteiger charge is 2.13. The van der Waals surface area contributed by atoms with Crippen molar-refractivity contribution in [3.05, 3.63) is 83.9 Å². The molecule has 0 aliphatic rings. The van der Waals surface area contributed by atoms with Gasteiger partial charge in [-0.25, -0.2) is 9.37 Å². The summed E-state index contributed by atoms with van der Waals surface area (Å²) in [5.74, 6) is -0.526. The Labute approximate surface area is 173 Å². The van der Waals surface area contributed by atoms with Crippen LogP contribution >= 0.6 is 0 Å². The van der Waals surface area contributed by atoms with Gasteiger partial charge in [0.05, 0.1) is 11.2 Å². The van der Waals surface area contributed by atoms with E-state index < -0.39 is 0 Å². The van der Waals surface area contributed by atoms with Crippen molar-refractivity contribution >= 4 is 28.1 Å². The average Bonchev–Trinajstić information content (AvgIpc) is 3.14. The van der Waals surface area contributed by atoms with Crippen molar-refractivity contribution in [1.29, 1.82) is 0 Å². The number of fused-ring (bicyclic) bond motifs is 1. The van der Waals surface area contributed by atoms with E-state index in [0.29, 0.717) is 16.8 Å². The van der Waals surface area contributed by atoms with Crippen LogP contribution in [0.1, 0.15) is 28.5 Å². The monoisotopic (exact) mass is 400 g/mol. The Morgan fingerprint density at radius 1 is 1.13 bits per heavy atom. The number of aromatic nitrogens is 3. The number of amides is 1. The van der Waals surface area contributed by atoms with Crippen LogP contribution in [0.2, 0.25) is 0 Å². The van der Waals surface area contributed by atoms with E-state index in [9.17, 15) is 9.18 Å². The third kappa shape index (κ3) is 3.59. The molecular formula is C24H21FN4O. The number of hydrogen-bond acceptors (Lipinski definition) is 3. The van der Waals surface area contributed by atoms with Gasteiger partial charge in [0, 0.05) is 35.4 Å². The van der Waals surface area contributed by atoms with Crippen molar-refractivity contribution in [3.8, 4) is 11.3 Å². The van der Waals surface area contributed by atoms with Gasteiger partial charge in [0.2, 0.25) is 0 Å². The molecule has 4 aromatic rings. The first-order chi connectivity index (χ1) is 14.3. The second-order valence-electron chi connectivity index (χ2n) is 7.33. The highest BCUT2D eigenvalue weighted by Crippen LogP contribution is 2.29. The molecule has 0 aliphatic carbocycles. The van der Waals surface area contributed by atoms with Crippen LogP contribution < -0.4 is 5.32 Å². The highest BCUT2D eigenvalue weighted by atomic mass is 19.1. The number of carbonyl (C=O) groups is 1. The van der Waals surface area contributed by atoms with E-state index in [0.717, 1.165) is 33.5 Å². The minimum absolute atomic E-state index is 0.220. The molecule has 0 fully saturated rings. The molecule has 2 aromatic heterocycles. The molecule has 0 atom stereocenters. The fourth-order valence-corrected chi connectivity index (χ4v) is 3.43. The number of rotatable bonds is 4. The maximum Gasteiger partial charge on any atom is 0.273 e. The van der Waals surface area contributed by atoms with E-state index in [4.69, 9.17) is 4.98 Å². The fourth-order valence-electron chi connectivity index (χ4n) is 3.43. The third-order valence-corrected chi connectivity index (χ3v) is 5.04. The SMILES string of the molecule is C=C(C)c1cc(F)cc2ccc(-c3ccc(NC(=O)c4ccnn4C)c(C)c3)nc12. The summed E-state index contributed by atoms with van der Waals surface area (Å²) in [6, 6.07) is 14.1. The minimum atomic E-state index is -0.306. The van der Waals surface area contributed by atoms with Gasteiger partial charge in [-0.15, -0.1) is 0 Å². The van der Waals surface area contributed by atoms with Gasteiger partial charge < -0.3 is 5.32 Å². The number of carbonyl (C=O) groups excluding carboxylic acids is 1. The van der Waals surface area contributed by atoms with Crippen LogP contribution in [-0.4, -0.2) is 20.7 Å². The van der Waals surface area contributed by atoms with Crippen LogP contribution in [0.25, 0.3) is 27.7 Å². The number of nitrogens with zero attached hydrogens (tertiary/aromatic N) is 3. The van der Waals surface area contributed by atoms with E-state index >= 15 is 0 Å². The number of nitrogens with one attached hydrogen (secondary N) is 1. The lowest BCUT2D eigenvalue weighted by molar-refractivity contribution is 0.101. The van der Waals surface area contributed by atoms with Crippen LogP contribution in [0, 0.1) is 12.7 Å². The van der Waals surface area contributed by atoms with E-state index in [1.54, 1.807) is 19.3 Å². The van der Waals surface area contributed by atoms with Gasteiger partial charge in [-0.1, -0.05) is 18.7 Å². The summed E-state index contributed by atoms with van der Waals surface area (Å²) in [7, 11) is 1.72. The normalized spacial score (nSPS) is 10.9. The molecule has 0 saturated carbocycles. The van der Waals surface area contributed by atoms with Gasteiger partial charge in [-0.05, 0) is 61.4 Å². The number of allylic oxidation sites excluding steroid dienone is 1. The molecule has 5 nitrogen and oxygen atoms in total. The van der Waals surface area contributed by atoms with Crippen molar-refractivity contribution in [3.63, 3.8) is 0 Å². The maximum absolute atomic E-state index is 13.9. The highest BCUT2D eigenvalue weighted by molar-refractivity contribution is 6.03. The second-order valence-corrected chi connectivity index (χ2v) is 7.33. The topological polar surface area (TPSA) is 59.8 Å². The number of hydrogen-bond donors (Lipinski definition) is 1. The zero-order valence-corrected chi connectivity index (χ0v) is 17.0. The Hall–Kier alpha value is -3.80. The van der Waals surface area contributed by atoms with Crippen molar-refractivity contribution in [2.45, 2.75) is 13.8 Å². The number of benzene rings is 2. The van der Waals surface area contributed by atoms with Gasteiger partial charge in [0.1, 0.15) is 11.5 Å². The summed E-state index contributed by atoms with van der Waals surface area (Å²) in [6.07, 6.45) is 1.58. The van der Waals surface area contributed by atoms with Crippen LogP contribution in [0.3, 0.4) is 0 Å². The zero-order valence-electron chi connectivity index (χ0n) is 17.0. The van der Waals surface area contributed by atoms with Crippen molar-refractivity contribution in [2.75, 3.05) is 5.32 Å². The largest absolute Gasteiger partial charge is 0.320 e. The molecule has 0 bridgehead atoms. The quantitative estimate of drug-likeness (QED) is 0.501. The summed E-state index contributed by atoms with van der Waals surface area (Å²) >= 11 is 0. The molecule has 6 heteroatoms. The molecule has 150 valence electrons. The Morgan fingerprint density at radius 2 is 1.93 bits per heavy atom. The predicted octanol–water partition coefficient (Wildman–Crippen LogP) is 5.37. The van der Waals surface area contributed by atoms with Gasteiger partial charge in [-0.3, -0.25) is 9.48 Å². The molecule has 4 rings (SSSR count). The number of anilines is 1. The Morgan fingerprint density at radius 3 is 2.60 bits per heavy atom. The van der Waals surface area contributed by atoms with E-state index in [1.165, 1.54) is 16.8 Å². The van der Waals surface area contributed by atoms with Crippen molar-refractivity contribution in [1.82, 2.24) is 14.8 Å². The van der Waals surface area contributed by atoms with Crippen LogP contribution in [0.15, 0.2) is 61.3 Å². The predicted molar refractivity (Wildman–Crippen MR) is 118 cm³/mol. The minimum Gasteiger partial charge on any atom is -0.320 e. The number of pyridine rings is 1. The van der Waals surface area contributed by atoms with E-state index in [2.05, 4.69) is 17.0 Å². The van der Waals surface area contributed by atoms with Gasteiger partial charge in [0.25, 0.3) is 5.91 Å². The fraction of sp³-hybridized carbons (Fsp3) is 0.125. The molecule has 30 heavy (non-hydrogen) atoms. The first kappa shape index (κ1) is 19.5. The Kier molecular flexibility index (Phi) is 4.91. The molecular weight excluding hydrogens is 379 g/mol. The molecule has 0 unspecified atom stereocenters. The summed E-state index contributed by atoms with van der Waals surface area (Å²) in [4.78, 5) is 17.2. The Bertz CT molecular complexity index is 1310. The molecule has 0 saturated heterocycles. The molecule has 1 N–H and O–H groups in total. The number of aryl methyl sites for hydroxylation is 2. The van der Waals surface area contributed by atoms with Crippen LogP contribution in [-0.2, 0) is 7.05 Å². The van der Waals surface area contributed by atoms with Crippen molar-refractivity contribution < 1.29 is 9.18 Å². The van der Waals surface area contributed by atoms with Gasteiger partial charge >= 0.3 is 0 Å². The van der Waals surface area contributed by atoms with Crippen LogP contribution in [0.5, 0.6) is 0 Å². The lowest BCUT2D eigenvalue weighted by atomic mass is 10.0. The lowest BCUT2D eigenvalue weighted by Crippen LogP contribution is -2.16. The van der Waals surface area contributed by atoms with Gasteiger partial charge in [0.15, 0.2) is 0 Å². The Balaban J connectivity index is 1.69. The molecule has 0 aliphatic heterocycles. The summed E-state index contributed by atoms with van der Waals surface area (Å²) in [5.41, 5.74) is 5.95. The molecule has 0 spiro atoms. The first-order valence-corrected chi connectivity index (χ1v) is 9.50. The first-order valence-electron chi connectivity index (χ1n) is 9.50. The number of halogens is 1. The van der Waals surface area contributed by atoms with Gasteiger partial charge in [-0.2, -0.15) is 5.10 Å². The van der Waals surface area contributed by atoms with Crippen LogP contribution in [0.4, 0.5) is 10.1 Å². The summed E-state index contributed by atoms with van der Waals surface area (Å²) in [5, 5.41) is 7.67. The standard InChI is InChI=1S/C24H21FN4O/c1-14(2)19-13-18(25)12-17-6-8-21(27-23(17)19)16-5-7-20(15(3)11-16)28-24(30)22-9-10-26-29(22)4/h5-13H,1H2,2-4H3,(H,28,30). The molecule has 0 radical (unpaired) electrons. The molecule has 1 amide bonds. The second kappa shape index (κ2) is 7.55. The van der Waals surface area contributed by atoms with E-state index in [1.807, 2.05) is 44.2 Å². The molecule has 2 aromatic carbocycles. The maximum atomic E-state index is 13.9. The molecule has 2 heterocycles. The lowest BCUT2D eigenvalue weighted by Gasteiger charge is -2.12. The van der Waals surface area contributed by atoms with Crippen molar-refractivity contribution in [2.24, 2.45) is 7.05 Å². The third-order valence-electron chi connectivity index (χ3n) is 5.04. The summed E-state index contributed by atoms with van der Waals surface area (Å²) in [6.45, 7) is 7.71. The smallest absolute Gasteiger partial charge is 0.273 e. The van der Waals surface area contributed by atoms with E-state index in [-0.39, 0.29) is 11.7 Å². The summed E-state index contributed by atoms with van der Waals surface area (Å²) < 4.78 is 15.4. The zero-order chi connectivity index (χ0) is 21.4. The average molecular weight is 400 g/mol.